The maximum absolute atomic E-state index is 12.7. The molecule has 0 bridgehead atoms. The van der Waals surface area contributed by atoms with Gasteiger partial charge in [-0.25, -0.2) is 0 Å². The van der Waals surface area contributed by atoms with Gasteiger partial charge < -0.3 is 9.45 Å². The van der Waals surface area contributed by atoms with E-state index in [0.29, 0.717) is 9.90 Å². The number of nitriles is 1. The molecule has 9 heteroatoms. The van der Waals surface area contributed by atoms with Crippen molar-refractivity contribution in [1.82, 2.24) is 9.62 Å². The Morgan fingerprint density at radius 2 is 2.08 bits per heavy atom. The summed E-state index contributed by atoms with van der Waals surface area (Å²) in [5.41, 5.74) is -0.943. The van der Waals surface area contributed by atoms with Gasteiger partial charge in [0.05, 0.1) is 8.81 Å². The van der Waals surface area contributed by atoms with Crippen molar-refractivity contribution >= 4 is 56.0 Å². The summed E-state index contributed by atoms with van der Waals surface area (Å²) in [6, 6.07) is 3.68. The molecule has 1 N–H and O–H groups in total. The Hall–Kier alpha value is -0.560. The average Bonchev–Trinajstić information content (AvgIpc) is 2.82. The molecule has 2 atom stereocenters. The van der Waals surface area contributed by atoms with Crippen LogP contribution in [-0.2, 0) is 21.7 Å². The molecule has 1 aromatic rings. The van der Waals surface area contributed by atoms with Crippen LogP contribution in [0, 0.1) is 11.3 Å². The van der Waals surface area contributed by atoms with Crippen LogP contribution >= 0.6 is 38.9 Å². The van der Waals surface area contributed by atoms with Gasteiger partial charge in [-0.05, 0) is 49.7 Å². The molecule has 0 radical (unpaired) electrons. The summed E-state index contributed by atoms with van der Waals surface area (Å²) < 4.78 is 16.1. The molecule has 0 fully saturated rings. The molecule has 1 unspecified atom stereocenters. The van der Waals surface area contributed by atoms with Crippen LogP contribution in [0.1, 0.15) is 39.0 Å². The van der Waals surface area contributed by atoms with E-state index in [0.717, 1.165) is 3.79 Å². The van der Waals surface area contributed by atoms with Gasteiger partial charge in [0.25, 0.3) is 0 Å². The van der Waals surface area contributed by atoms with Crippen LogP contribution in [0.3, 0.4) is 0 Å². The number of carbonyl (C=O) groups excluding carboxylic acids is 1. The van der Waals surface area contributed by atoms with Gasteiger partial charge >= 0.3 is 0 Å². The highest BCUT2D eigenvalue weighted by molar-refractivity contribution is 9.11. The lowest BCUT2D eigenvalue weighted by molar-refractivity contribution is -0.116. The topological polar surface area (TPSA) is 79.2 Å². The second-order valence-electron chi connectivity index (χ2n) is 7.26. The van der Waals surface area contributed by atoms with E-state index in [4.69, 9.17) is 11.6 Å². The number of hydrogen-bond donors (Lipinski definition) is 1. The smallest absolute Gasteiger partial charge is 0.177 e. The van der Waals surface area contributed by atoms with Gasteiger partial charge in [-0.1, -0.05) is 11.6 Å². The molecule has 144 valence electrons. The number of halogens is 2. The standard InChI is InChI=1S/C17H23BrClN3O2S2/c1-16(2,3)26(24)21-17(4,15-12(19)7-14(18)25-15)8-13(23)11(9-20)10-22(5)6/h7,10,21H,8H2,1-6H3/b11-10+/t17-,26?/m0/s1. The zero-order chi connectivity index (χ0) is 20.3. The third kappa shape index (κ3) is 6.25. The molecule has 1 heterocycles. The third-order valence-electron chi connectivity index (χ3n) is 3.35. The largest absolute Gasteiger partial charge is 0.598 e. The lowest BCUT2D eigenvalue weighted by Crippen LogP contribution is -2.50. The highest BCUT2D eigenvalue weighted by Crippen LogP contribution is 2.41. The Morgan fingerprint density at radius 3 is 2.46 bits per heavy atom. The lowest BCUT2D eigenvalue weighted by atomic mass is 9.92. The number of Topliss-reactive ketones (excluding diaryl/α,β-unsaturated/α-hetero) is 1. The van der Waals surface area contributed by atoms with E-state index < -0.39 is 21.6 Å². The summed E-state index contributed by atoms with van der Waals surface area (Å²) in [4.78, 5) is 15.1. The minimum absolute atomic E-state index is 0.0383. The van der Waals surface area contributed by atoms with Gasteiger partial charge in [-0.2, -0.15) is 5.26 Å². The normalized spacial score (nSPS) is 15.9. The first-order chi connectivity index (χ1) is 11.8. The molecule has 1 rings (SSSR count). The molecule has 0 aliphatic heterocycles. The van der Waals surface area contributed by atoms with Crippen LogP contribution in [0.2, 0.25) is 5.02 Å². The monoisotopic (exact) mass is 479 g/mol. The quantitative estimate of drug-likeness (QED) is 0.356. The summed E-state index contributed by atoms with van der Waals surface area (Å²) in [6.45, 7) is 7.31. The van der Waals surface area contributed by atoms with Crippen LogP contribution in [-0.4, -0.2) is 34.1 Å². The zero-order valence-corrected chi connectivity index (χ0v) is 19.6. The van der Waals surface area contributed by atoms with Crippen LogP contribution in [0.4, 0.5) is 0 Å². The van der Waals surface area contributed by atoms with E-state index in [1.165, 1.54) is 17.5 Å². The number of hydrogen-bond acceptors (Lipinski definition) is 6. The van der Waals surface area contributed by atoms with E-state index >= 15 is 0 Å². The summed E-state index contributed by atoms with van der Waals surface area (Å²) in [6.07, 6.45) is 1.43. The number of ketones is 1. The molecular weight excluding hydrogens is 458 g/mol. The maximum Gasteiger partial charge on any atom is 0.177 e. The lowest BCUT2D eigenvalue weighted by Gasteiger charge is -2.34. The third-order valence-corrected chi connectivity index (χ3v) is 7.41. The molecule has 0 aliphatic rings. The van der Waals surface area contributed by atoms with Crippen LogP contribution in [0.25, 0.3) is 0 Å². The van der Waals surface area contributed by atoms with Crippen molar-refractivity contribution < 1.29 is 9.35 Å². The van der Waals surface area contributed by atoms with E-state index in [9.17, 15) is 14.6 Å². The molecule has 0 aromatic carbocycles. The van der Waals surface area contributed by atoms with Crippen molar-refractivity contribution in [1.29, 1.82) is 5.26 Å². The second-order valence-corrected chi connectivity index (χ2v) is 12.1. The summed E-state index contributed by atoms with van der Waals surface area (Å²) >= 11 is 9.69. The van der Waals surface area contributed by atoms with Crippen molar-refractivity contribution in [3.05, 3.63) is 31.5 Å². The van der Waals surface area contributed by atoms with Crippen molar-refractivity contribution in [2.45, 2.75) is 44.4 Å². The van der Waals surface area contributed by atoms with Crippen molar-refractivity contribution in [2.75, 3.05) is 14.1 Å². The minimum atomic E-state index is -1.43. The molecule has 0 amide bonds. The number of nitrogens with zero attached hydrogens (tertiary/aromatic N) is 2. The van der Waals surface area contributed by atoms with Gasteiger partial charge in [0.2, 0.25) is 0 Å². The number of allylic oxidation sites excluding steroid dienone is 1. The first-order valence-electron chi connectivity index (χ1n) is 7.76. The Bertz CT molecular complexity index is 737. The van der Waals surface area contributed by atoms with Crippen LogP contribution < -0.4 is 4.72 Å². The highest BCUT2D eigenvalue weighted by atomic mass is 79.9. The van der Waals surface area contributed by atoms with Gasteiger partial charge in [0.15, 0.2) is 5.78 Å². The van der Waals surface area contributed by atoms with E-state index in [1.807, 2.05) is 26.8 Å². The van der Waals surface area contributed by atoms with Crippen molar-refractivity contribution in [3.8, 4) is 6.07 Å². The van der Waals surface area contributed by atoms with Gasteiger partial charge in [0, 0.05) is 43.0 Å². The van der Waals surface area contributed by atoms with Crippen LogP contribution in [0.15, 0.2) is 21.6 Å². The molecule has 26 heavy (non-hydrogen) atoms. The predicted octanol–water partition coefficient (Wildman–Crippen LogP) is 4.36. The Kier molecular flexibility index (Phi) is 8.21. The van der Waals surface area contributed by atoms with E-state index in [2.05, 4.69) is 20.7 Å². The molecule has 0 aliphatic carbocycles. The van der Waals surface area contributed by atoms with Crippen molar-refractivity contribution in [3.63, 3.8) is 0 Å². The summed E-state index contributed by atoms with van der Waals surface area (Å²) in [5, 5.41) is 9.78. The molecule has 0 saturated carbocycles. The molecule has 0 saturated heterocycles. The number of thiophene rings is 1. The molecular formula is C17H23BrClN3O2S2. The average molecular weight is 481 g/mol. The molecule has 0 spiro atoms. The highest BCUT2D eigenvalue weighted by Gasteiger charge is 2.41. The number of carbonyl (C=O) groups is 1. The molecule has 5 nitrogen and oxygen atoms in total. The SMILES string of the molecule is CN(C)/C=C(\C#N)C(=O)C[C@](C)(N[S+]([O-])C(C)(C)C)c1sc(Br)cc1Cl. The van der Waals surface area contributed by atoms with Crippen molar-refractivity contribution in [2.24, 2.45) is 0 Å². The molecule has 1 aromatic heterocycles. The predicted molar refractivity (Wildman–Crippen MR) is 112 cm³/mol. The number of rotatable bonds is 7. The van der Waals surface area contributed by atoms with Crippen LogP contribution in [0.5, 0.6) is 0 Å². The Labute approximate surface area is 175 Å². The summed E-state index contributed by atoms with van der Waals surface area (Å²) in [5.74, 6) is -0.345. The first kappa shape index (κ1) is 23.5. The fraction of sp³-hybridized carbons (Fsp3) is 0.529. The minimum Gasteiger partial charge on any atom is -0.598 e. The van der Waals surface area contributed by atoms with Gasteiger partial charge in [0.1, 0.15) is 21.9 Å². The number of nitrogens with one attached hydrogen (secondary N) is 1. The Balaban J connectivity index is 3.31. The summed E-state index contributed by atoms with van der Waals surface area (Å²) in [7, 11) is 3.48. The zero-order valence-electron chi connectivity index (χ0n) is 15.6. The van der Waals surface area contributed by atoms with E-state index in [-0.39, 0.29) is 17.8 Å². The van der Waals surface area contributed by atoms with Gasteiger partial charge in [-0.15, -0.1) is 16.1 Å². The fourth-order valence-electron chi connectivity index (χ4n) is 2.08. The fourth-order valence-corrected chi connectivity index (χ4v) is 5.25. The van der Waals surface area contributed by atoms with E-state index in [1.54, 1.807) is 32.0 Å². The second kappa shape index (κ2) is 9.09. The Morgan fingerprint density at radius 1 is 1.50 bits per heavy atom. The van der Waals surface area contributed by atoms with Gasteiger partial charge in [-0.3, -0.25) is 4.79 Å². The first-order valence-corrected chi connectivity index (χ1v) is 10.9. The maximum atomic E-state index is 12.7.